The second-order valence-electron chi connectivity index (χ2n) is 4.56. The topological polar surface area (TPSA) is 65.2 Å². The number of carbonyl (C=O) groups is 1. The van der Waals surface area contributed by atoms with Crippen molar-refractivity contribution in [3.8, 4) is 0 Å². The summed E-state index contributed by atoms with van der Waals surface area (Å²) in [5.41, 5.74) is 0.868. The number of halogens is 1. The summed E-state index contributed by atoms with van der Waals surface area (Å²) >= 11 is 0. The van der Waals surface area contributed by atoms with E-state index >= 15 is 0 Å². The van der Waals surface area contributed by atoms with Gasteiger partial charge in [0.2, 0.25) is 5.89 Å². The summed E-state index contributed by atoms with van der Waals surface area (Å²) in [5, 5.41) is 3.86. The van der Waals surface area contributed by atoms with Crippen molar-refractivity contribution in [1.29, 1.82) is 0 Å². The Labute approximate surface area is 122 Å². The van der Waals surface area contributed by atoms with Gasteiger partial charge >= 0.3 is 5.97 Å². The molecule has 0 aliphatic carbocycles. The molecule has 0 fully saturated rings. The van der Waals surface area contributed by atoms with Gasteiger partial charge in [0.15, 0.2) is 5.82 Å². The number of ether oxygens (including phenoxy) is 1. The lowest BCUT2D eigenvalue weighted by molar-refractivity contribution is -0.145. The molecule has 2 rings (SSSR count). The van der Waals surface area contributed by atoms with Crippen LogP contribution in [0.15, 0.2) is 28.8 Å². The lowest BCUT2D eigenvalue weighted by Gasteiger charge is -2.08. The fourth-order valence-corrected chi connectivity index (χ4v) is 1.95. The molecule has 5 nitrogen and oxygen atoms in total. The number of nitrogens with zero attached hydrogens (tertiary/aromatic N) is 2. The maximum Gasteiger partial charge on any atom is 0.318 e. The van der Waals surface area contributed by atoms with Crippen LogP contribution in [0, 0.1) is 5.82 Å². The van der Waals surface area contributed by atoms with Crippen molar-refractivity contribution in [2.75, 3.05) is 6.61 Å². The molecule has 0 aliphatic heterocycles. The van der Waals surface area contributed by atoms with Crippen molar-refractivity contribution in [3.63, 3.8) is 0 Å². The summed E-state index contributed by atoms with van der Waals surface area (Å²) in [5.74, 6) is -0.482. The second kappa shape index (κ2) is 6.97. The number of benzene rings is 1. The summed E-state index contributed by atoms with van der Waals surface area (Å²) in [6.45, 7) is 3.91. The van der Waals surface area contributed by atoms with Gasteiger partial charge in [-0.3, -0.25) is 4.79 Å². The summed E-state index contributed by atoms with van der Waals surface area (Å²) in [4.78, 5) is 16.0. The normalized spacial score (nSPS) is 12.1. The van der Waals surface area contributed by atoms with Gasteiger partial charge in [0.25, 0.3) is 0 Å². The fourth-order valence-electron chi connectivity index (χ4n) is 1.95. The molecule has 0 amide bonds. The van der Waals surface area contributed by atoms with E-state index in [4.69, 9.17) is 9.26 Å². The summed E-state index contributed by atoms with van der Waals surface area (Å²) < 4.78 is 23.0. The van der Waals surface area contributed by atoms with Crippen molar-refractivity contribution in [3.05, 3.63) is 47.4 Å². The van der Waals surface area contributed by atoms with E-state index in [0.29, 0.717) is 25.3 Å². The van der Waals surface area contributed by atoms with Gasteiger partial charge in [-0.1, -0.05) is 24.2 Å². The quantitative estimate of drug-likeness (QED) is 0.766. The number of aromatic nitrogens is 2. The number of esters is 1. The van der Waals surface area contributed by atoms with Crippen LogP contribution in [0.25, 0.3) is 0 Å². The van der Waals surface area contributed by atoms with Gasteiger partial charge in [0.1, 0.15) is 11.7 Å². The lowest BCUT2D eigenvalue weighted by Crippen LogP contribution is -2.15. The van der Waals surface area contributed by atoms with Crippen LogP contribution in [-0.2, 0) is 16.0 Å². The van der Waals surface area contributed by atoms with Gasteiger partial charge in [-0.25, -0.2) is 4.39 Å². The van der Waals surface area contributed by atoms with E-state index < -0.39 is 5.92 Å². The molecule has 0 spiro atoms. The molecule has 0 N–H and O–H groups in total. The third kappa shape index (κ3) is 3.87. The van der Waals surface area contributed by atoms with Crippen LogP contribution in [0.5, 0.6) is 0 Å². The third-order valence-electron chi connectivity index (χ3n) is 3.04. The highest BCUT2D eigenvalue weighted by Crippen LogP contribution is 2.20. The Kier molecular flexibility index (Phi) is 5.03. The van der Waals surface area contributed by atoms with Crippen LogP contribution in [0.2, 0.25) is 0 Å². The van der Waals surface area contributed by atoms with Gasteiger partial charge in [-0.15, -0.1) is 0 Å². The Morgan fingerprint density at radius 3 is 2.67 bits per heavy atom. The van der Waals surface area contributed by atoms with Gasteiger partial charge < -0.3 is 9.26 Å². The van der Waals surface area contributed by atoms with Crippen LogP contribution >= 0.6 is 0 Å². The van der Waals surface area contributed by atoms with Gasteiger partial charge in [-0.05, 0) is 31.0 Å². The third-order valence-corrected chi connectivity index (χ3v) is 3.04. The monoisotopic (exact) mass is 292 g/mol. The minimum atomic E-state index is -0.542. The largest absolute Gasteiger partial charge is 0.465 e. The van der Waals surface area contributed by atoms with E-state index in [1.165, 1.54) is 12.1 Å². The van der Waals surface area contributed by atoms with Crippen molar-refractivity contribution < 1.29 is 18.4 Å². The molecule has 1 heterocycles. The van der Waals surface area contributed by atoms with Gasteiger partial charge in [0.05, 0.1) is 6.61 Å². The van der Waals surface area contributed by atoms with Crippen LogP contribution in [0.4, 0.5) is 4.39 Å². The molecule has 1 aromatic carbocycles. The number of hydrogen-bond acceptors (Lipinski definition) is 5. The molecule has 0 aliphatic rings. The molecule has 6 heteroatoms. The van der Waals surface area contributed by atoms with Crippen molar-refractivity contribution >= 4 is 5.97 Å². The zero-order valence-electron chi connectivity index (χ0n) is 12.0. The highest BCUT2D eigenvalue weighted by Gasteiger charge is 2.26. The first-order valence-corrected chi connectivity index (χ1v) is 6.87. The highest BCUT2D eigenvalue weighted by atomic mass is 19.1. The molecule has 0 radical (unpaired) electrons. The van der Waals surface area contributed by atoms with E-state index in [0.717, 1.165) is 5.56 Å². The maximum absolute atomic E-state index is 12.8. The molecule has 0 saturated heterocycles. The Morgan fingerprint density at radius 1 is 1.33 bits per heavy atom. The standard InChI is InChI=1S/C15H17FN2O3/c1-3-12(15(19)20-4-2)14-17-13(18-21-14)9-10-5-7-11(16)8-6-10/h5-8,12H,3-4,9H2,1-2H3. The minimum absolute atomic E-state index is 0.257. The molecule has 1 unspecified atom stereocenters. The lowest BCUT2D eigenvalue weighted by atomic mass is 10.1. The SMILES string of the molecule is CCOC(=O)C(CC)c1nc(Cc2ccc(F)cc2)no1. The van der Waals surface area contributed by atoms with Crippen LogP contribution in [-0.4, -0.2) is 22.7 Å². The van der Waals surface area contributed by atoms with E-state index in [9.17, 15) is 9.18 Å². The van der Waals surface area contributed by atoms with Crippen molar-refractivity contribution in [2.45, 2.75) is 32.6 Å². The van der Waals surface area contributed by atoms with E-state index in [2.05, 4.69) is 10.1 Å². The zero-order chi connectivity index (χ0) is 15.2. The zero-order valence-corrected chi connectivity index (χ0v) is 12.0. The molecule has 0 bridgehead atoms. The van der Waals surface area contributed by atoms with E-state index in [1.807, 2.05) is 6.92 Å². The Balaban J connectivity index is 2.09. The number of hydrogen-bond donors (Lipinski definition) is 0. The molecule has 0 saturated carbocycles. The maximum atomic E-state index is 12.8. The number of carbonyl (C=O) groups excluding carboxylic acids is 1. The first-order valence-electron chi connectivity index (χ1n) is 6.87. The molecule has 1 atom stereocenters. The summed E-state index contributed by atoms with van der Waals surface area (Å²) in [6, 6.07) is 6.08. The minimum Gasteiger partial charge on any atom is -0.465 e. The Bertz CT molecular complexity index is 595. The molecule has 21 heavy (non-hydrogen) atoms. The predicted molar refractivity (Wildman–Crippen MR) is 73.2 cm³/mol. The number of rotatable bonds is 6. The first kappa shape index (κ1) is 15.2. The van der Waals surface area contributed by atoms with Crippen LogP contribution in [0.3, 0.4) is 0 Å². The van der Waals surface area contributed by atoms with Crippen LogP contribution < -0.4 is 0 Å². The van der Waals surface area contributed by atoms with Gasteiger partial charge in [0, 0.05) is 6.42 Å². The predicted octanol–water partition coefficient (Wildman–Crippen LogP) is 2.86. The van der Waals surface area contributed by atoms with Gasteiger partial charge in [-0.2, -0.15) is 4.98 Å². The molecular formula is C15H17FN2O3. The van der Waals surface area contributed by atoms with Crippen LogP contribution in [0.1, 0.15) is 43.5 Å². The molecule has 112 valence electrons. The fraction of sp³-hybridized carbons (Fsp3) is 0.400. The average Bonchev–Trinajstić information content (AvgIpc) is 2.91. The Morgan fingerprint density at radius 2 is 2.05 bits per heavy atom. The average molecular weight is 292 g/mol. The molecule has 1 aromatic heterocycles. The smallest absolute Gasteiger partial charge is 0.318 e. The summed E-state index contributed by atoms with van der Waals surface area (Å²) in [6.07, 6.45) is 0.944. The molecular weight excluding hydrogens is 275 g/mol. The molecule has 2 aromatic rings. The highest BCUT2D eigenvalue weighted by molar-refractivity contribution is 5.76. The van der Waals surface area contributed by atoms with Crippen molar-refractivity contribution in [1.82, 2.24) is 10.1 Å². The second-order valence-corrected chi connectivity index (χ2v) is 4.56. The van der Waals surface area contributed by atoms with E-state index in [-0.39, 0.29) is 17.7 Å². The van der Waals surface area contributed by atoms with Crippen molar-refractivity contribution in [2.24, 2.45) is 0 Å². The van der Waals surface area contributed by atoms with E-state index in [1.54, 1.807) is 19.1 Å². The first-order chi connectivity index (χ1) is 10.1. The Hall–Kier alpha value is -2.24. The summed E-state index contributed by atoms with van der Waals surface area (Å²) in [7, 11) is 0.